The van der Waals surface area contributed by atoms with Crippen LogP contribution in [0.15, 0.2) is 27.0 Å². The second-order valence-corrected chi connectivity index (χ2v) is 10.9. The van der Waals surface area contributed by atoms with Crippen LogP contribution in [-0.2, 0) is 32.0 Å². The van der Waals surface area contributed by atoms with Gasteiger partial charge in [0.15, 0.2) is 12.5 Å². The van der Waals surface area contributed by atoms with E-state index in [2.05, 4.69) is 23.4 Å². The van der Waals surface area contributed by atoms with Crippen molar-refractivity contribution in [2.75, 3.05) is 13.2 Å². The maximum absolute atomic E-state index is 12.3. The predicted molar refractivity (Wildman–Crippen MR) is 116 cm³/mol. The monoisotopic (exact) mass is 591 g/mol. The summed E-state index contributed by atoms with van der Waals surface area (Å²) in [6.07, 6.45) is -15.5. The topological polar surface area (TPSA) is 326 Å². The number of aromatic nitrogens is 2. The summed E-state index contributed by atoms with van der Waals surface area (Å²) in [6.45, 7) is -1.64. The molecule has 3 rings (SSSR count). The summed E-state index contributed by atoms with van der Waals surface area (Å²) in [5.74, 6) is 0. The number of H-pyrrole nitrogens is 1. The Morgan fingerprint density at radius 3 is 2.29 bits per heavy atom. The minimum atomic E-state index is -5.63. The number of hydrogen-bond acceptors (Lipinski definition) is 15. The van der Waals surface area contributed by atoms with E-state index in [4.69, 9.17) is 15.0 Å². The number of rotatable bonds is 10. The summed E-state index contributed by atoms with van der Waals surface area (Å²) in [6, 6.07) is 0.924. The molecule has 2 fully saturated rings. The zero-order valence-electron chi connectivity index (χ0n) is 18.8. The molecule has 11 atom stereocenters. The highest BCUT2D eigenvalue weighted by molar-refractivity contribution is 7.61. The van der Waals surface area contributed by atoms with Crippen LogP contribution >= 0.6 is 15.6 Å². The Balaban J connectivity index is 1.62. The lowest BCUT2D eigenvalue weighted by atomic mass is 9.99. The van der Waals surface area contributed by atoms with Crippen LogP contribution < -0.4 is 11.2 Å². The molecule has 214 valence electrons. The average molecular weight is 591 g/mol. The fraction of sp³-hybridized carbons (Fsp3) is 0.733. The van der Waals surface area contributed by atoms with E-state index in [9.17, 15) is 54.0 Å². The number of ether oxygens (including phenoxy) is 2. The lowest BCUT2D eigenvalue weighted by molar-refractivity contribution is -0.272. The van der Waals surface area contributed by atoms with E-state index < -0.39 is 95.3 Å². The fourth-order valence-electron chi connectivity index (χ4n) is 3.47. The molecule has 1 aromatic rings. The first kappa shape index (κ1) is 30.5. The lowest BCUT2D eigenvalue weighted by Gasteiger charge is -2.39. The largest absolute Gasteiger partial charge is 0.483 e. The number of nitrogens with zero attached hydrogens (tertiary/aromatic N) is 4. The lowest BCUT2D eigenvalue weighted by Crippen LogP contribution is -2.58. The molecule has 0 aromatic carbocycles. The van der Waals surface area contributed by atoms with Crippen molar-refractivity contribution in [2.24, 2.45) is 5.11 Å². The van der Waals surface area contributed by atoms with Crippen LogP contribution in [0.4, 0.5) is 0 Å². The van der Waals surface area contributed by atoms with Crippen molar-refractivity contribution in [2.45, 2.75) is 55.2 Å². The van der Waals surface area contributed by atoms with Crippen LogP contribution in [0.3, 0.4) is 0 Å². The first-order chi connectivity index (χ1) is 17.7. The minimum Gasteiger partial charge on any atom is -0.388 e. The zero-order valence-corrected chi connectivity index (χ0v) is 20.5. The Hall–Kier alpha value is -2.03. The molecule has 8 N–H and O–H groups in total. The summed E-state index contributed by atoms with van der Waals surface area (Å²) in [4.78, 5) is 47.1. The Bertz CT molecular complexity index is 1250. The number of nitrogens with one attached hydrogen (secondary N) is 1. The maximum Gasteiger partial charge on any atom is 0.483 e. The molecule has 11 unspecified atom stereocenters. The summed E-state index contributed by atoms with van der Waals surface area (Å²) in [5.41, 5.74) is 6.61. The van der Waals surface area contributed by atoms with Crippen molar-refractivity contribution in [1.82, 2.24) is 9.55 Å². The number of hydrogen-bond donors (Lipinski definition) is 8. The molecule has 0 spiro atoms. The van der Waals surface area contributed by atoms with Gasteiger partial charge >= 0.3 is 21.3 Å². The van der Waals surface area contributed by atoms with Gasteiger partial charge in [-0.15, -0.1) is 0 Å². The molecule has 0 radical (unpaired) electrons. The van der Waals surface area contributed by atoms with Crippen LogP contribution in [0.25, 0.3) is 10.4 Å². The van der Waals surface area contributed by atoms with Gasteiger partial charge in [-0.3, -0.25) is 23.4 Å². The third-order valence-corrected chi connectivity index (χ3v) is 7.90. The second-order valence-electron chi connectivity index (χ2n) is 7.91. The number of phosphoric acid groups is 2. The molecule has 2 aliphatic rings. The van der Waals surface area contributed by atoms with Crippen LogP contribution in [0.1, 0.15) is 6.23 Å². The van der Waals surface area contributed by atoms with Gasteiger partial charge in [0.2, 0.25) is 0 Å². The number of aliphatic hydroxyl groups is 5. The van der Waals surface area contributed by atoms with Crippen molar-refractivity contribution in [3.63, 3.8) is 0 Å². The van der Waals surface area contributed by atoms with E-state index in [-0.39, 0.29) is 0 Å². The summed E-state index contributed by atoms with van der Waals surface area (Å²) < 4.78 is 48.5. The minimum absolute atomic E-state index is 0.596. The quantitative estimate of drug-likeness (QED) is 0.0567. The van der Waals surface area contributed by atoms with Crippen molar-refractivity contribution in [1.29, 1.82) is 0 Å². The van der Waals surface area contributed by atoms with Crippen molar-refractivity contribution in [3.8, 4) is 0 Å². The highest BCUT2D eigenvalue weighted by Gasteiger charge is 2.49. The van der Waals surface area contributed by atoms with Crippen molar-refractivity contribution < 1.29 is 67.3 Å². The molecular formula is C15H23N5O16P2. The van der Waals surface area contributed by atoms with Crippen molar-refractivity contribution in [3.05, 3.63) is 43.5 Å². The smallest absolute Gasteiger partial charge is 0.388 e. The summed E-state index contributed by atoms with van der Waals surface area (Å²) in [5, 5.41) is 53.1. The number of phosphoric ester groups is 2. The van der Waals surface area contributed by atoms with Gasteiger partial charge in [-0.05, 0) is 5.53 Å². The second kappa shape index (κ2) is 12.0. The van der Waals surface area contributed by atoms with Gasteiger partial charge in [0.05, 0.1) is 19.3 Å². The molecule has 0 aliphatic carbocycles. The van der Waals surface area contributed by atoms with Gasteiger partial charge in [0, 0.05) is 17.2 Å². The Labute approximate surface area is 210 Å². The molecule has 1 aromatic heterocycles. The average Bonchev–Trinajstić information content (AvgIpc) is 3.10. The first-order valence-corrected chi connectivity index (χ1v) is 13.4. The fourth-order valence-corrected chi connectivity index (χ4v) is 5.63. The van der Waals surface area contributed by atoms with E-state index in [0.717, 1.165) is 16.8 Å². The van der Waals surface area contributed by atoms with E-state index in [1.807, 2.05) is 4.98 Å². The van der Waals surface area contributed by atoms with Gasteiger partial charge in [-0.2, -0.15) is 4.31 Å². The summed E-state index contributed by atoms with van der Waals surface area (Å²) >= 11 is 0. The molecule has 3 heterocycles. The number of azide groups is 1. The van der Waals surface area contributed by atoms with Crippen LogP contribution in [0, 0.1) is 0 Å². The van der Waals surface area contributed by atoms with E-state index in [1.165, 1.54) is 0 Å². The third kappa shape index (κ3) is 7.13. The van der Waals surface area contributed by atoms with Gasteiger partial charge in [0.1, 0.15) is 36.6 Å². The standard InChI is InChI=1S/C15H23N5O16P2/c16-19-17-3-5-8(22)10(24)12(26)14(34-5)35-38(30,31)36-37(28,29)32-4-6-9(23)11(25)13(33-6)20-2-1-7(21)18-15(20)27/h1-2,5-6,8-14,22-26H,3-4H2,(H,28,29)(H,30,31)(H,18,21,27). The van der Waals surface area contributed by atoms with Gasteiger partial charge in [-0.1, -0.05) is 5.11 Å². The highest BCUT2D eigenvalue weighted by Crippen LogP contribution is 2.61. The normalized spacial score (nSPS) is 36.7. The highest BCUT2D eigenvalue weighted by atomic mass is 31.3. The van der Waals surface area contributed by atoms with E-state index in [0.29, 0.717) is 0 Å². The molecule has 23 heteroatoms. The van der Waals surface area contributed by atoms with Gasteiger partial charge < -0.3 is 44.8 Å². The third-order valence-electron chi connectivity index (χ3n) is 5.30. The molecular weight excluding hydrogens is 568 g/mol. The van der Waals surface area contributed by atoms with Crippen LogP contribution in [-0.4, -0.2) is 107 Å². The molecule has 0 amide bonds. The molecule has 2 saturated heterocycles. The molecule has 0 saturated carbocycles. The molecule has 21 nitrogen and oxygen atoms in total. The molecule has 38 heavy (non-hydrogen) atoms. The number of aromatic amines is 1. The zero-order chi connectivity index (χ0) is 28.4. The van der Waals surface area contributed by atoms with E-state index in [1.54, 1.807) is 0 Å². The maximum atomic E-state index is 12.3. The summed E-state index contributed by atoms with van der Waals surface area (Å²) in [7, 11) is -11.1. The Kier molecular flexibility index (Phi) is 9.64. The molecule has 0 bridgehead atoms. The van der Waals surface area contributed by atoms with Gasteiger partial charge in [-0.25, -0.2) is 13.9 Å². The molecule has 2 aliphatic heterocycles. The Morgan fingerprint density at radius 2 is 1.66 bits per heavy atom. The first-order valence-electron chi connectivity index (χ1n) is 10.4. The SMILES string of the molecule is [N-]=[N+]=NCC1OC(OP(=O)(O)OP(=O)(O)OCC2OC(n3ccc(=O)[nH]c3=O)C(O)C2O)C(O)C(O)C1O. The van der Waals surface area contributed by atoms with Crippen LogP contribution in [0.5, 0.6) is 0 Å². The van der Waals surface area contributed by atoms with Gasteiger partial charge in [0.25, 0.3) is 5.56 Å². The number of aliphatic hydroxyl groups excluding tert-OH is 5. The predicted octanol–water partition coefficient (Wildman–Crippen LogP) is -3.48. The Morgan fingerprint density at radius 1 is 1.00 bits per heavy atom. The van der Waals surface area contributed by atoms with E-state index >= 15 is 0 Å². The van der Waals surface area contributed by atoms with Crippen molar-refractivity contribution >= 4 is 15.6 Å². The van der Waals surface area contributed by atoms with Crippen LogP contribution in [0.2, 0.25) is 0 Å².